The lowest BCUT2D eigenvalue weighted by Crippen LogP contribution is -2.53. The summed E-state index contributed by atoms with van der Waals surface area (Å²) in [6.45, 7) is 4.61. The molecule has 2 amide bonds. The summed E-state index contributed by atoms with van der Waals surface area (Å²) in [7, 11) is -0.304. The van der Waals surface area contributed by atoms with Crippen molar-refractivity contribution in [1.82, 2.24) is 10.2 Å². The van der Waals surface area contributed by atoms with Crippen molar-refractivity contribution in [2.45, 2.75) is 37.6 Å². The largest absolute Gasteiger partial charge is 0.356 e. The number of carbonyl (C=O) groups is 2. The molecular formula is C23H29ClN4O4S. The molecule has 2 aromatic carbocycles. The number of fused-ring (bicyclic) bond motifs is 1. The van der Waals surface area contributed by atoms with Crippen molar-refractivity contribution in [1.29, 1.82) is 0 Å². The third-order valence-electron chi connectivity index (χ3n) is 5.46. The highest BCUT2D eigenvalue weighted by Crippen LogP contribution is 2.38. The number of halogens is 1. The summed E-state index contributed by atoms with van der Waals surface area (Å²) in [6.07, 6.45) is 0.441. The van der Waals surface area contributed by atoms with Gasteiger partial charge in [0.05, 0.1) is 22.7 Å². The third kappa shape index (κ3) is 5.48. The Morgan fingerprint density at radius 2 is 1.88 bits per heavy atom. The number of sulfonamides is 1. The van der Waals surface area contributed by atoms with Gasteiger partial charge in [0.1, 0.15) is 6.04 Å². The Morgan fingerprint density at radius 3 is 2.58 bits per heavy atom. The second-order valence-electron chi connectivity index (χ2n) is 8.40. The van der Waals surface area contributed by atoms with E-state index in [-0.39, 0.29) is 11.3 Å². The molecule has 1 heterocycles. The van der Waals surface area contributed by atoms with E-state index in [2.05, 4.69) is 10.6 Å². The van der Waals surface area contributed by atoms with Crippen LogP contribution in [0.15, 0.2) is 41.3 Å². The number of aryl methyl sites for hydroxylation is 2. The zero-order valence-electron chi connectivity index (χ0n) is 19.2. The number of nitrogens with zero attached hydrogens (tertiary/aromatic N) is 2. The van der Waals surface area contributed by atoms with Gasteiger partial charge in [-0.25, -0.2) is 8.42 Å². The molecule has 2 N–H and O–H groups in total. The summed E-state index contributed by atoms with van der Waals surface area (Å²) in [5, 5.41) is 5.97. The third-order valence-corrected chi connectivity index (χ3v) is 7.83. The number of rotatable bonds is 8. The molecule has 178 valence electrons. The van der Waals surface area contributed by atoms with Crippen molar-refractivity contribution in [2.24, 2.45) is 0 Å². The van der Waals surface area contributed by atoms with Gasteiger partial charge < -0.3 is 15.5 Å². The summed E-state index contributed by atoms with van der Waals surface area (Å²) in [4.78, 5) is 27.7. The zero-order chi connectivity index (χ0) is 24.3. The fourth-order valence-corrected chi connectivity index (χ4v) is 5.89. The van der Waals surface area contributed by atoms with Crippen LogP contribution in [0, 0.1) is 13.8 Å². The monoisotopic (exact) mass is 492 g/mol. The van der Waals surface area contributed by atoms with Gasteiger partial charge in [-0.3, -0.25) is 13.9 Å². The Labute approximate surface area is 200 Å². The average Bonchev–Trinajstić information content (AvgIpc) is 2.73. The predicted octanol–water partition coefficient (Wildman–Crippen LogP) is 2.93. The van der Waals surface area contributed by atoms with Crippen molar-refractivity contribution < 1.29 is 18.0 Å². The van der Waals surface area contributed by atoms with E-state index < -0.39 is 27.9 Å². The molecule has 1 atom stereocenters. The molecule has 0 radical (unpaired) electrons. The van der Waals surface area contributed by atoms with Crippen LogP contribution in [0.3, 0.4) is 0 Å². The quantitative estimate of drug-likeness (QED) is 0.552. The minimum Gasteiger partial charge on any atom is -0.356 e. The first-order valence-corrected chi connectivity index (χ1v) is 12.5. The van der Waals surface area contributed by atoms with Crippen LogP contribution < -0.4 is 14.9 Å². The standard InChI is InChI=1S/C23H29ClN4O4S/c1-15-13-21(16(2)12-17(15)24)33(31,32)28-19-9-6-5-8-18(19)26-23(30)20(28)14-22(29)25-10-7-11-27(3)4/h5-6,8-9,12-13,20H,7,10-11,14H2,1-4H3,(H,25,29)(H,26,30). The van der Waals surface area contributed by atoms with Gasteiger partial charge in [-0.05, 0) is 76.3 Å². The van der Waals surface area contributed by atoms with E-state index in [4.69, 9.17) is 11.6 Å². The Morgan fingerprint density at radius 1 is 1.18 bits per heavy atom. The van der Waals surface area contributed by atoms with Gasteiger partial charge in [0.15, 0.2) is 0 Å². The first kappa shape index (κ1) is 25.0. The van der Waals surface area contributed by atoms with Crippen LogP contribution in [0.5, 0.6) is 0 Å². The molecule has 33 heavy (non-hydrogen) atoms. The van der Waals surface area contributed by atoms with Crippen LogP contribution in [-0.4, -0.2) is 58.4 Å². The summed E-state index contributed by atoms with van der Waals surface area (Å²) in [5.41, 5.74) is 1.75. The minimum absolute atomic E-state index is 0.0466. The first-order valence-electron chi connectivity index (χ1n) is 10.6. The highest BCUT2D eigenvalue weighted by atomic mass is 35.5. The number of nitrogens with one attached hydrogen (secondary N) is 2. The van der Waals surface area contributed by atoms with E-state index in [1.54, 1.807) is 44.2 Å². The van der Waals surface area contributed by atoms with Gasteiger partial charge >= 0.3 is 0 Å². The van der Waals surface area contributed by atoms with Gasteiger partial charge in [0.2, 0.25) is 11.8 Å². The average molecular weight is 493 g/mol. The Balaban J connectivity index is 1.98. The van der Waals surface area contributed by atoms with Gasteiger partial charge in [0.25, 0.3) is 10.0 Å². The molecule has 2 aromatic rings. The molecular weight excluding hydrogens is 464 g/mol. The van der Waals surface area contributed by atoms with E-state index in [1.807, 2.05) is 19.0 Å². The number of hydrogen-bond donors (Lipinski definition) is 2. The smallest absolute Gasteiger partial charge is 0.265 e. The second-order valence-corrected chi connectivity index (χ2v) is 10.6. The van der Waals surface area contributed by atoms with Crippen LogP contribution in [-0.2, 0) is 19.6 Å². The SMILES string of the molecule is Cc1cc(S(=O)(=O)N2c3ccccc3NC(=O)C2CC(=O)NCCCN(C)C)c(C)cc1Cl. The Kier molecular flexibility index (Phi) is 7.66. The molecule has 10 heteroatoms. The molecule has 3 rings (SSSR count). The number of benzene rings is 2. The Hall–Kier alpha value is -2.62. The van der Waals surface area contributed by atoms with E-state index in [1.165, 1.54) is 6.07 Å². The number of amides is 2. The second kappa shape index (κ2) is 10.1. The molecule has 1 aliphatic heterocycles. The van der Waals surface area contributed by atoms with Crippen LogP contribution in [0.25, 0.3) is 0 Å². The maximum Gasteiger partial charge on any atom is 0.265 e. The highest BCUT2D eigenvalue weighted by Gasteiger charge is 2.42. The molecule has 1 aliphatic rings. The molecule has 0 aliphatic carbocycles. The van der Waals surface area contributed by atoms with Crippen molar-refractivity contribution in [3.05, 3.63) is 52.5 Å². The fraction of sp³-hybridized carbons (Fsp3) is 0.391. The molecule has 8 nitrogen and oxygen atoms in total. The van der Waals surface area contributed by atoms with Gasteiger partial charge in [-0.2, -0.15) is 0 Å². The van der Waals surface area contributed by atoms with E-state index >= 15 is 0 Å². The molecule has 0 spiro atoms. The van der Waals surface area contributed by atoms with Crippen molar-refractivity contribution in [3.63, 3.8) is 0 Å². The molecule has 0 saturated carbocycles. The lowest BCUT2D eigenvalue weighted by molar-refractivity contribution is -0.125. The van der Waals surface area contributed by atoms with Crippen molar-refractivity contribution in [2.75, 3.05) is 36.8 Å². The Bertz CT molecular complexity index is 1170. The van der Waals surface area contributed by atoms with Gasteiger partial charge in [0, 0.05) is 11.6 Å². The highest BCUT2D eigenvalue weighted by molar-refractivity contribution is 7.93. The zero-order valence-corrected chi connectivity index (χ0v) is 20.8. The normalized spacial score (nSPS) is 15.9. The molecule has 0 bridgehead atoms. The van der Waals surface area contributed by atoms with Gasteiger partial charge in [-0.15, -0.1) is 0 Å². The minimum atomic E-state index is -4.18. The molecule has 0 aromatic heterocycles. The number of carbonyl (C=O) groups excluding carboxylic acids is 2. The summed E-state index contributed by atoms with van der Waals surface area (Å²) >= 11 is 6.17. The van der Waals surface area contributed by atoms with E-state index in [9.17, 15) is 18.0 Å². The maximum absolute atomic E-state index is 13.9. The van der Waals surface area contributed by atoms with E-state index in [0.29, 0.717) is 34.1 Å². The lowest BCUT2D eigenvalue weighted by atomic mass is 10.1. The van der Waals surface area contributed by atoms with Crippen LogP contribution in [0.2, 0.25) is 5.02 Å². The van der Waals surface area contributed by atoms with E-state index in [0.717, 1.165) is 17.3 Å². The molecule has 0 saturated heterocycles. The van der Waals surface area contributed by atoms with Crippen LogP contribution in [0.4, 0.5) is 11.4 Å². The number of anilines is 2. The topological polar surface area (TPSA) is 98.8 Å². The van der Waals surface area contributed by atoms with Crippen LogP contribution >= 0.6 is 11.6 Å². The van der Waals surface area contributed by atoms with Crippen molar-refractivity contribution in [3.8, 4) is 0 Å². The first-order chi connectivity index (χ1) is 15.5. The summed E-state index contributed by atoms with van der Waals surface area (Å²) in [5.74, 6) is -0.943. The number of hydrogen-bond acceptors (Lipinski definition) is 5. The maximum atomic E-state index is 13.9. The van der Waals surface area contributed by atoms with Gasteiger partial charge in [-0.1, -0.05) is 23.7 Å². The lowest BCUT2D eigenvalue weighted by Gasteiger charge is -2.37. The number of para-hydroxylation sites is 2. The molecule has 0 fully saturated rings. The predicted molar refractivity (Wildman–Crippen MR) is 130 cm³/mol. The summed E-state index contributed by atoms with van der Waals surface area (Å²) in [6, 6.07) is 8.51. The fourth-order valence-electron chi connectivity index (χ4n) is 3.74. The summed E-state index contributed by atoms with van der Waals surface area (Å²) < 4.78 is 28.8. The van der Waals surface area contributed by atoms with Crippen LogP contribution in [0.1, 0.15) is 24.0 Å². The molecule has 1 unspecified atom stereocenters. The van der Waals surface area contributed by atoms with Crippen molar-refractivity contribution >= 4 is 44.8 Å².